The highest BCUT2D eigenvalue weighted by atomic mass is 19.1. The molecule has 114 valence electrons. The SMILES string of the molecule is O=C(Nc1c(F)cccc1F)N[C@@H]1c2ccccc2C[C@@H]1O. The Balaban J connectivity index is 1.75. The van der Waals surface area contributed by atoms with Crippen LogP contribution >= 0.6 is 0 Å². The summed E-state index contributed by atoms with van der Waals surface area (Å²) in [5, 5.41) is 14.7. The van der Waals surface area contributed by atoms with Gasteiger partial charge in [0.15, 0.2) is 0 Å². The van der Waals surface area contributed by atoms with Crippen molar-refractivity contribution in [2.75, 3.05) is 5.32 Å². The molecule has 2 aromatic rings. The quantitative estimate of drug-likeness (QED) is 0.799. The van der Waals surface area contributed by atoms with E-state index in [0.29, 0.717) is 6.42 Å². The van der Waals surface area contributed by atoms with Crippen LogP contribution in [0.1, 0.15) is 17.2 Å². The number of benzene rings is 2. The number of aliphatic hydroxyl groups is 1. The van der Waals surface area contributed by atoms with E-state index in [1.54, 1.807) is 12.1 Å². The molecule has 0 radical (unpaired) electrons. The van der Waals surface area contributed by atoms with Crippen LogP contribution in [-0.2, 0) is 6.42 Å². The van der Waals surface area contributed by atoms with Crippen molar-refractivity contribution in [3.8, 4) is 0 Å². The molecule has 22 heavy (non-hydrogen) atoms. The average molecular weight is 304 g/mol. The molecule has 0 unspecified atom stereocenters. The Bertz CT molecular complexity index is 701. The van der Waals surface area contributed by atoms with Crippen molar-refractivity contribution in [2.45, 2.75) is 18.6 Å². The van der Waals surface area contributed by atoms with Crippen LogP contribution in [0.3, 0.4) is 0 Å². The van der Waals surface area contributed by atoms with Gasteiger partial charge in [-0.1, -0.05) is 30.3 Å². The minimum Gasteiger partial charge on any atom is -0.390 e. The monoisotopic (exact) mass is 304 g/mol. The number of carbonyl (C=O) groups is 1. The highest BCUT2D eigenvalue weighted by Gasteiger charge is 2.32. The van der Waals surface area contributed by atoms with Gasteiger partial charge in [0.25, 0.3) is 0 Å². The predicted octanol–water partition coefficient (Wildman–Crippen LogP) is 2.74. The van der Waals surface area contributed by atoms with Crippen LogP contribution in [0.4, 0.5) is 19.3 Å². The average Bonchev–Trinajstić information content (AvgIpc) is 2.79. The zero-order valence-electron chi connectivity index (χ0n) is 11.5. The van der Waals surface area contributed by atoms with Crippen molar-refractivity contribution in [1.82, 2.24) is 5.32 Å². The molecule has 0 saturated heterocycles. The molecule has 2 aromatic carbocycles. The maximum absolute atomic E-state index is 13.5. The van der Waals surface area contributed by atoms with E-state index < -0.39 is 35.5 Å². The molecule has 0 aromatic heterocycles. The number of halogens is 2. The van der Waals surface area contributed by atoms with Crippen LogP contribution in [0.5, 0.6) is 0 Å². The number of anilines is 1. The fraction of sp³-hybridized carbons (Fsp3) is 0.188. The molecule has 0 fully saturated rings. The number of hydrogen-bond acceptors (Lipinski definition) is 2. The number of para-hydroxylation sites is 1. The molecular formula is C16H14F2N2O2. The second-order valence-electron chi connectivity index (χ2n) is 5.14. The van der Waals surface area contributed by atoms with Gasteiger partial charge >= 0.3 is 6.03 Å². The van der Waals surface area contributed by atoms with Crippen LogP contribution < -0.4 is 10.6 Å². The van der Waals surface area contributed by atoms with E-state index >= 15 is 0 Å². The van der Waals surface area contributed by atoms with E-state index in [4.69, 9.17) is 0 Å². The fourth-order valence-corrected chi connectivity index (χ4v) is 2.66. The highest BCUT2D eigenvalue weighted by molar-refractivity contribution is 5.90. The summed E-state index contributed by atoms with van der Waals surface area (Å²) in [7, 11) is 0. The van der Waals surface area contributed by atoms with Gasteiger partial charge in [0.1, 0.15) is 17.3 Å². The third-order valence-electron chi connectivity index (χ3n) is 3.69. The molecule has 0 aliphatic heterocycles. The molecule has 0 heterocycles. The topological polar surface area (TPSA) is 61.4 Å². The summed E-state index contributed by atoms with van der Waals surface area (Å²) < 4.78 is 27.0. The molecule has 6 heteroatoms. The van der Waals surface area contributed by atoms with E-state index in [1.165, 1.54) is 6.07 Å². The summed E-state index contributed by atoms with van der Waals surface area (Å²) in [6, 6.07) is 9.27. The van der Waals surface area contributed by atoms with Gasteiger partial charge in [0.2, 0.25) is 0 Å². The second-order valence-corrected chi connectivity index (χ2v) is 5.14. The van der Waals surface area contributed by atoms with Gasteiger partial charge < -0.3 is 15.7 Å². The van der Waals surface area contributed by atoms with Crippen LogP contribution in [0, 0.1) is 11.6 Å². The maximum Gasteiger partial charge on any atom is 0.319 e. The zero-order valence-corrected chi connectivity index (χ0v) is 11.5. The third kappa shape index (κ3) is 2.65. The van der Waals surface area contributed by atoms with E-state index in [-0.39, 0.29) is 0 Å². The summed E-state index contributed by atoms with van der Waals surface area (Å²) >= 11 is 0. The number of aliphatic hydroxyl groups excluding tert-OH is 1. The van der Waals surface area contributed by atoms with Crippen LogP contribution in [0.25, 0.3) is 0 Å². The summed E-state index contributed by atoms with van der Waals surface area (Å²) in [6.07, 6.45) is -0.344. The molecule has 4 nitrogen and oxygen atoms in total. The number of urea groups is 1. The zero-order chi connectivity index (χ0) is 15.7. The number of fused-ring (bicyclic) bond motifs is 1. The van der Waals surface area contributed by atoms with Gasteiger partial charge in [-0.3, -0.25) is 0 Å². The van der Waals surface area contributed by atoms with Gasteiger partial charge in [0.05, 0.1) is 12.1 Å². The normalized spacial score (nSPS) is 19.6. The Morgan fingerprint density at radius 3 is 2.50 bits per heavy atom. The number of carbonyl (C=O) groups excluding carboxylic acids is 1. The Morgan fingerprint density at radius 1 is 1.09 bits per heavy atom. The molecule has 3 rings (SSSR count). The lowest BCUT2D eigenvalue weighted by atomic mass is 10.1. The van der Waals surface area contributed by atoms with E-state index in [1.807, 2.05) is 12.1 Å². The van der Waals surface area contributed by atoms with Crippen LogP contribution in [0.2, 0.25) is 0 Å². The van der Waals surface area contributed by atoms with Crippen molar-refractivity contribution < 1.29 is 18.7 Å². The third-order valence-corrected chi connectivity index (χ3v) is 3.69. The highest BCUT2D eigenvalue weighted by Crippen LogP contribution is 2.31. The van der Waals surface area contributed by atoms with Gasteiger partial charge in [0, 0.05) is 6.42 Å². The minimum atomic E-state index is -0.859. The standard InChI is InChI=1S/C16H14F2N2O2/c17-11-6-3-7-12(18)15(11)20-16(22)19-14-10-5-2-1-4-9(10)8-13(14)21/h1-7,13-14,21H,8H2,(H2,19,20,22)/t13-,14+/m0/s1. The molecule has 1 aliphatic carbocycles. The van der Waals surface area contributed by atoms with Crippen LogP contribution in [-0.4, -0.2) is 17.2 Å². The lowest BCUT2D eigenvalue weighted by molar-refractivity contribution is 0.144. The molecule has 1 aliphatic rings. The lowest BCUT2D eigenvalue weighted by Gasteiger charge is -2.18. The number of hydrogen-bond donors (Lipinski definition) is 3. The molecular weight excluding hydrogens is 290 g/mol. The molecule has 2 atom stereocenters. The largest absolute Gasteiger partial charge is 0.390 e. The van der Waals surface area contributed by atoms with Crippen molar-refractivity contribution in [3.05, 3.63) is 65.2 Å². The number of nitrogens with one attached hydrogen (secondary N) is 2. The first-order valence-electron chi connectivity index (χ1n) is 6.83. The predicted molar refractivity (Wildman–Crippen MR) is 77.4 cm³/mol. The fourth-order valence-electron chi connectivity index (χ4n) is 2.66. The first kappa shape index (κ1) is 14.5. The molecule has 0 bridgehead atoms. The minimum absolute atomic E-state index is 0.426. The summed E-state index contributed by atoms with van der Waals surface area (Å²) in [5.74, 6) is -1.72. The molecule has 2 amide bonds. The van der Waals surface area contributed by atoms with Gasteiger partial charge in [-0.15, -0.1) is 0 Å². The van der Waals surface area contributed by atoms with E-state index in [9.17, 15) is 18.7 Å². The molecule has 0 saturated carbocycles. The number of rotatable bonds is 2. The van der Waals surface area contributed by atoms with Crippen molar-refractivity contribution in [1.29, 1.82) is 0 Å². The Hall–Kier alpha value is -2.47. The lowest BCUT2D eigenvalue weighted by Crippen LogP contribution is -2.37. The van der Waals surface area contributed by atoms with Crippen LogP contribution in [0.15, 0.2) is 42.5 Å². The maximum atomic E-state index is 13.5. The Kier molecular flexibility index (Phi) is 3.77. The van der Waals surface area contributed by atoms with Crippen molar-refractivity contribution in [3.63, 3.8) is 0 Å². The van der Waals surface area contributed by atoms with Gasteiger partial charge in [-0.2, -0.15) is 0 Å². The summed E-state index contributed by atoms with van der Waals surface area (Å²) in [6.45, 7) is 0. The van der Waals surface area contributed by atoms with E-state index in [0.717, 1.165) is 23.3 Å². The number of amides is 2. The van der Waals surface area contributed by atoms with Gasteiger partial charge in [-0.25, -0.2) is 13.6 Å². The molecule has 3 N–H and O–H groups in total. The summed E-state index contributed by atoms with van der Waals surface area (Å²) in [5.41, 5.74) is 1.23. The Morgan fingerprint density at radius 2 is 1.77 bits per heavy atom. The Labute approximate surface area is 125 Å². The van der Waals surface area contributed by atoms with Gasteiger partial charge in [-0.05, 0) is 23.3 Å². The van der Waals surface area contributed by atoms with Crippen molar-refractivity contribution >= 4 is 11.7 Å². The van der Waals surface area contributed by atoms with E-state index in [2.05, 4.69) is 10.6 Å². The second kappa shape index (κ2) is 5.73. The van der Waals surface area contributed by atoms with Crippen molar-refractivity contribution in [2.24, 2.45) is 0 Å². The molecule has 0 spiro atoms. The first-order chi connectivity index (χ1) is 10.6. The first-order valence-corrected chi connectivity index (χ1v) is 6.83. The summed E-state index contributed by atoms with van der Waals surface area (Å²) in [4.78, 5) is 12.0. The smallest absolute Gasteiger partial charge is 0.319 e.